The van der Waals surface area contributed by atoms with E-state index in [1.54, 1.807) is 0 Å². The number of nitrogens with zero attached hydrogens (tertiary/aromatic N) is 1. The van der Waals surface area contributed by atoms with Crippen molar-refractivity contribution in [3.05, 3.63) is 23.5 Å². The summed E-state index contributed by atoms with van der Waals surface area (Å²) in [4.78, 5) is 25.1. The van der Waals surface area contributed by atoms with Crippen molar-refractivity contribution in [3.63, 3.8) is 0 Å². The molecule has 1 aromatic heterocycles. The van der Waals surface area contributed by atoms with Gasteiger partial charge in [0, 0.05) is 37.6 Å². The predicted octanol–water partition coefficient (Wildman–Crippen LogP) is 1.92. The molecule has 0 unspecified atom stereocenters. The van der Waals surface area contributed by atoms with Gasteiger partial charge in [0.1, 0.15) is 6.10 Å². The number of amides is 2. The fourth-order valence-corrected chi connectivity index (χ4v) is 3.99. The van der Waals surface area contributed by atoms with Gasteiger partial charge in [-0.15, -0.1) is 0 Å². The molecular formula is C19H29N3O3. The molecular weight excluding hydrogens is 318 g/mol. The van der Waals surface area contributed by atoms with Gasteiger partial charge in [-0.05, 0) is 38.2 Å². The Kier molecular flexibility index (Phi) is 5.78. The monoisotopic (exact) mass is 347 g/mol. The minimum absolute atomic E-state index is 0.0109. The standard InChI is InChI=1S/C19H29N3O3/c1-3-16-13(10-11-22(16)2)18(23)20-14-7-4-5-8-15(14)21-19(24)17-9-6-12-25-17/h10-11,14-15,17H,3-9,12H2,1-2H3,(H,20,23)(H,21,24)/t14-,15-,17+/m0/s1. The second-order valence-electron chi connectivity index (χ2n) is 7.12. The summed E-state index contributed by atoms with van der Waals surface area (Å²) >= 11 is 0. The molecule has 0 spiro atoms. The summed E-state index contributed by atoms with van der Waals surface area (Å²) in [6.07, 6.45) is 8.10. The van der Waals surface area contributed by atoms with E-state index >= 15 is 0 Å². The third kappa shape index (κ3) is 4.06. The molecule has 3 atom stereocenters. The molecule has 1 saturated carbocycles. The van der Waals surface area contributed by atoms with E-state index in [4.69, 9.17) is 4.74 Å². The number of ether oxygens (including phenoxy) is 1. The highest BCUT2D eigenvalue weighted by atomic mass is 16.5. The number of rotatable bonds is 5. The SMILES string of the molecule is CCc1c(C(=O)N[C@H]2CCCC[C@@H]2NC(=O)[C@H]2CCCO2)ccn1C. The van der Waals surface area contributed by atoms with Gasteiger partial charge in [-0.3, -0.25) is 9.59 Å². The quantitative estimate of drug-likeness (QED) is 0.855. The molecule has 2 amide bonds. The van der Waals surface area contributed by atoms with Crippen LogP contribution in [0.2, 0.25) is 0 Å². The average Bonchev–Trinajstić information content (AvgIpc) is 3.26. The zero-order valence-electron chi connectivity index (χ0n) is 15.2. The van der Waals surface area contributed by atoms with E-state index in [9.17, 15) is 9.59 Å². The molecule has 2 heterocycles. The minimum atomic E-state index is -0.320. The van der Waals surface area contributed by atoms with Gasteiger partial charge < -0.3 is 19.9 Å². The van der Waals surface area contributed by atoms with Crippen molar-refractivity contribution in [2.24, 2.45) is 7.05 Å². The molecule has 3 rings (SSSR count). The molecule has 25 heavy (non-hydrogen) atoms. The van der Waals surface area contributed by atoms with Gasteiger partial charge in [-0.1, -0.05) is 19.8 Å². The predicted molar refractivity (Wildman–Crippen MR) is 95.4 cm³/mol. The van der Waals surface area contributed by atoms with Crippen molar-refractivity contribution in [2.75, 3.05) is 6.61 Å². The minimum Gasteiger partial charge on any atom is -0.368 e. The first-order valence-electron chi connectivity index (χ1n) is 9.47. The second kappa shape index (κ2) is 8.04. The molecule has 0 aromatic carbocycles. The number of nitrogens with one attached hydrogen (secondary N) is 2. The summed E-state index contributed by atoms with van der Waals surface area (Å²) in [6.45, 7) is 2.72. The molecule has 6 nitrogen and oxygen atoms in total. The van der Waals surface area contributed by atoms with E-state index < -0.39 is 0 Å². The maximum Gasteiger partial charge on any atom is 0.253 e. The molecule has 1 aromatic rings. The number of aryl methyl sites for hydroxylation is 1. The van der Waals surface area contributed by atoms with Crippen molar-refractivity contribution >= 4 is 11.8 Å². The molecule has 0 radical (unpaired) electrons. The Morgan fingerprint density at radius 3 is 2.52 bits per heavy atom. The number of hydrogen-bond donors (Lipinski definition) is 2. The van der Waals surface area contributed by atoms with Crippen molar-refractivity contribution in [1.29, 1.82) is 0 Å². The molecule has 1 aliphatic heterocycles. The van der Waals surface area contributed by atoms with E-state index in [2.05, 4.69) is 17.6 Å². The Morgan fingerprint density at radius 1 is 1.16 bits per heavy atom. The molecule has 138 valence electrons. The Balaban J connectivity index is 1.64. The summed E-state index contributed by atoms with van der Waals surface area (Å²) in [5, 5.41) is 6.28. The van der Waals surface area contributed by atoms with E-state index in [0.29, 0.717) is 6.61 Å². The number of aromatic nitrogens is 1. The highest BCUT2D eigenvalue weighted by Crippen LogP contribution is 2.21. The highest BCUT2D eigenvalue weighted by Gasteiger charge is 2.32. The smallest absolute Gasteiger partial charge is 0.253 e. The van der Waals surface area contributed by atoms with Crippen LogP contribution >= 0.6 is 0 Å². The maximum atomic E-state index is 12.7. The lowest BCUT2D eigenvalue weighted by Gasteiger charge is -2.33. The van der Waals surface area contributed by atoms with Gasteiger partial charge in [0.15, 0.2) is 0 Å². The summed E-state index contributed by atoms with van der Waals surface area (Å²) < 4.78 is 7.47. The van der Waals surface area contributed by atoms with Crippen LogP contribution in [0, 0.1) is 0 Å². The van der Waals surface area contributed by atoms with Crippen LogP contribution in [0.4, 0.5) is 0 Å². The molecule has 6 heteroatoms. The van der Waals surface area contributed by atoms with Crippen LogP contribution in [0.25, 0.3) is 0 Å². The maximum absolute atomic E-state index is 12.7. The van der Waals surface area contributed by atoms with Crippen molar-refractivity contribution in [2.45, 2.75) is 70.1 Å². The number of carbonyl (C=O) groups excluding carboxylic acids is 2. The summed E-state index contributed by atoms with van der Waals surface area (Å²) in [5.74, 6) is -0.0710. The van der Waals surface area contributed by atoms with E-state index in [1.807, 2.05) is 23.9 Å². The van der Waals surface area contributed by atoms with Gasteiger partial charge in [0.2, 0.25) is 5.91 Å². The van der Waals surface area contributed by atoms with Crippen LogP contribution < -0.4 is 10.6 Å². The Hall–Kier alpha value is -1.82. The third-order valence-electron chi connectivity index (χ3n) is 5.41. The van der Waals surface area contributed by atoms with E-state index in [1.165, 1.54) is 0 Å². The molecule has 2 N–H and O–H groups in total. The van der Waals surface area contributed by atoms with Crippen LogP contribution in [-0.2, 0) is 23.0 Å². The molecule has 2 aliphatic rings. The molecule has 1 saturated heterocycles. The van der Waals surface area contributed by atoms with Crippen LogP contribution in [0.15, 0.2) is 12.3 Å². The van der Waals surface area contributed by atoms with Crippen LogP contribution in [0.1, 0.15) is 61.5 Å². The molecule has 2 fully saturated rings. The van der Waals surface area contributed by atoms with E-state index in [0.717, 1.165) is 56.2 Å². The number of carbonyl (C=O) groups is 2. The lowest BCUT2D eigenvalue weighted by atomic mass is 9.89. The first-order valence-corrected chi connectivity index (χ1v) is 9.47. The van der Waals surface area contributed by atoms with Crippen molar-refractivity contribution in [3.8, 4) is 0 Å². The summed E-state index contributed by atoms with van der Waals surface area (Å²) in [7, 11) is 1.96. The highest BCUT2D eigenvalue weighted by molar-refractivity contribution is 5.95. The Morgan fingerprint density at radius 2 is 1.88 bits per heavy atom. The normalized spacial score (nSPS) is 26.4. The zero-order chi connectivity index (χ0) is 17.8. The first-order chi connectivity index (χ1) is 12.1. The zero-order valence-corrected chi connectivity index (χ0v) is 15.2. The number of hydrogen-bond acceptors (Lipinski definition) is 3. The first kappa shape index (κ1) is 18.0. The average molecular weight is 347 g/mol. The Bertz CT molecular complexity index is 619. The molecule has 0 bridgehead atoms. The molecule has 1 aliphatic carbocycles. The van der Waals surface area contributed by atoms with Gasteiger partial charge >= 0.3 is 0 Å². The third-order valence-corrected chi connectivity index (χ3v) is 5.41. The van der Waals surface area contributed by atoms with Gasteiger partial charge in [0.25, 0.3) is 5.91 Å². The second-order valence-corrected chi connectivity index (χ2v) is 7.12. The van der Waals surface area contributed by atoms with Gasteiger partial charge in [-0.25, -0.2) is 0 Å². The van der Waals surface area contributed by atoms with E-state index in [-0.39, 0.29) is 30.0 Å². The summed E-state index contributed by atoms with van der Waals surface area (Å²) in [6, 6.07) is 1.84. The van der Waals surface area contributed by atoms with Gasteiger partial charge in [0.05, 0.1) is 5.56 Å². The van der Waals surface area contributed by atoms with Gasteiger partial charge in [-0.2, -0.15) is 0 Å². The van der Waals surface area contributed by atoms with Crippen LogP contribution in [0.3, 0.4) is 0 Å². The Labute approximate surface area is 149 Å². The van der Waals surface area contributed by atoms with Crippen molar-refractivity contribution in [1.82, 2.24) is 15.2 Å². The van der Waals surface area contributed by atoms with Crippen molar-refractivity contribution < 1.29 is 14.3 Å². The van der Waals surface area contributed by atoms with Crippen LogP contribution in [-0.4, -0.2) is 41.2 Å². The van der Waals surface area contributed by atoms with Crippen LogP contribution in [0.5, 0.6) is 0 Å². The fraction of sp³-hybridized carbons (Fsp3) is 0.684. The summed E-state index contributed by atoms with van der Waals surface area (Å²) in [5.41, 5.74) is 1.77. The fourth-order valence-electron chi connectivity index (χ4n) is 3.99. The lowest BCUT2D eigenvalue weighted by molar-refractivity contribution is -0.131. The largest absolute Gasteiger partial charge is 0.368 e. The topological polar surface area (TPSA) is 72.4 Å². The lowest BCUT2D eigenvalue weighted by Crippen LogP contribution is -2.54.